The molecule has 0 saturated carbocycles. The zero-order valence-electron chi connectivity index (χ0n) is 7.13. The van der Waals surface area contributed by atoms with E-state index < -0.39 is 26.8 Å². The van der Waals surface area contributed by atoms with Crippen molar-refractivity contribution in [3.63, 3.8) is 0 Å². The van der Waals surface area contributed by atoms with Crippen molar-refractivity contribution in [2.45, 2.75) is 11.9 Å². The fraction of sp³-hybridized carbons (Fsp3) is 0.143. The summed E-state index contributed by atoms with van der Waals surface area (Å²) in [5.74, 6) is -1.35. The third kappa shape index (κ3) is 2.06. The Balaban J connectivity index is 3.44. The van der Waals surface area contributed by atoms with E-state index in [1.165, 1.54) is 13.0 Å². The molecule has 0 radical (unpaired) electrons. The van der Waals surface area contributed by atoms with Gasteiger partial charge in [0.1, 0.15) is 5.69 Å². The van der Waals surface area contributed by atoms with Gasteiger partial charge in [0.2, 0.25) is 0 Å². The lowest BCUT2D eigenvalue weighted by Crippen LogP contribution is -2.09. The van der Waals surface area contributed by atoms with Gasteiger partial charge >= 0.3 is 16.1 Å². The molecule has 1 rings (SSSR count). The van der Waals surface area contributed by atoms with Gasteiger partial charge in [0.05, 0.1) is 0 Å². The summed E-state index contributed by atoms with van der Waals surface area (Å²) < 4.78 is 30.2. The maximum atomic E-state index is 10.7. The fourth-order valence-corrected chi connectivity index (χ4v) is 1.58. The van der Waals surface area contributed by atoms with Crippen LogP contribution in [0, 0.1) is 6.92 Å². The molecule has 1 aromatic heterocycles. The molecule has 2 N–H and O–H groups in total. The van der Waals surface area contributed by atoms with Crippen LogP contribution in [0.25, 0.3) is 0 Å². The molecule has 0 aromatic carbocycles. The quantitative estimate of drug-likeness (QED) is 0.692. The molecule has 7 heteroatoms. The maximum Gasteiger partial charge on any atom is 0.354 e. The molecule has 1 aromatic rings. The second kappa shape index (κ2) is 3.35. The second-order valence-electron chi connectivity index (χ2n) is 2.60. The lowest BCUT2D eigenvalue weighted by atomic mass is 10.3. The molecule has 6 nitrogen and oxygen atoms in total. The van der Waals surface area contributed by atoms with Gasteiger partial charge in [0, 0.05) is 0 Å². The third-order valence-corrected chi connectivity index (χ3v) is 2.42. The summed E-state index contributed by atoms with van der Waals surface area (Å²) in [5, 5.41) is 7.90. The number of aromatic carboxylic acids is 1. The van der Waals surface area contributed by atoms with Gasteiger partial charge in [-0.1, -0.05) is 6.07 Å². The van der Waals surface area contributed by atoms with Crippen molar-refractivity contribution in [2.75, 3.05) is 0 Å². The molecule has 0 saturated heterocycles. The molecule has 76 valence electrons. The van der Waals surface area contributed by atoms with Gasteiger partial charge in [-0.25, -0.2) is 9.78 Å². The highest BCUT2D eigenvalue weighted by atomic mass is 32.2. The largest absolute Gasteiger partial charge is 0.477 e. The summed E-state index contributed by atoms with van der Waals surface area (Å²) in [7, 11) is -4.46. The number of carboxylic acid groups (broad SMARTS) is 1. The first-order chi connectivity index (χ1) is 6.32. The normalized spacial score (nSPS) is 11.3. The molecule has 0 atom stereocenters. The van der Waals surface area contributed by atoms with Gasteiger partial charge in [-0.3, -0.25) is 4.55 Å². The molecule has 0 aliphatic rings. The van der Waals surface area contributed by atoms with Gasteiger partial charge in [-0.2, -0.15) is 8.42 Å². The number of hydrogen-bond acceptors (Lipinski definition) is 4. The number of pyridine rings is 1. The molecular formula is C7H7NO5S. The average molecular weight is 217 g/mol. The van der Waals surface area contributed by atoms with E-state index in [2.05, 4.69) is 4.98 Å². The molecule has 0 fully saturated rings. The molecule has 0 aliphatic heterocycles. The number of nitrogens with zero attached hydrogens (tertiary/aromatic N) is 1. The first-order valence-corrected chi connectivity index (χ1v) is 4.95. The van der Waals surface area contributed by atoms with Crippen molar-refractivity contribution in [3.8, 4) is 0 Å². The molecule has 0 unspecified atom stereocenters. The van der Waals surface area contributed by atoms with E-state index in [-0.39, 0.29) is 5.56 Å². The smallest absolute Gasteiger partial charge is 0.354 e. The topological polar surface area (TPSA) is 105 Å². The van der Waals surface area contributed by atoms with Crippen LogP contribution in [0.2, 0.25) is 0 Å². The van der Waals surface area contributed by atoms with E-state index in [0.717, 1.165) is 6.07 Å². The van der Waals surface area contributed by atoms with Crippen molar-refractivity contribution in [1.82, 2.24) is 4.98 Å². The van der Waals surface area contributed by atoms with Crippen LogP contribution < -0.4 is 0 Å². The van der Waals surface area contributed by atoms with Crippen molar-refractivity contribution in [1.29, 1.82) is 0 Å². The first-order valence-electron chi connectivity index (χ1n) is 3.51. The third-order valence-electron chi connectivity index (χ3n) is 1.51. The Hall–Kier alpha value is -1.47. The summed E-state index contributed by atoms with van der Waals surface area (Å²) in [4.78, 5) is 13.8. The summed E-state index contributed by atoms with van der Waals surface area (Å²) in [6, 6.07) is 2.42. The monoisotopic (exact) mass is 217 g/mol. The molecule has 0 bridgehead atoms. The molecule has 0 spiro atoms. The zero-order chi connectivity index (χ0) is 10.9. The van der Waals surface area contributed by atoms with Crippen LogP contribution >= 0.6 is 0 Å². The standard InChI is InChI=1S/C7H7NO5S/c1-4-2-3-5(7(9)10)8-6(4)14(11,12)13/h2-3H,1H3,(H,9,10)(H,11,12,13). The van der Waals surface area contributed by atoms with Gasteiger partial charge in [-0.05, 0) is 18.6 Å². The molecule has 0 aliphatic carbocycles. The molecule has 14 heavy (non-hydrogen) atoms. The Labute approximate surface area is 80.0 Å². The van der Waals surface area contributed by atoms with Gasteiger partial charge < -0.3 is 5.11 Å². The first kappa shape index (κ1) is 10.6. The Morgan fingerprint density at radius 2 is 2.00 bits per heavy atom. The van der Waals surface area contributed by atoms with E-state index in [9.17, 15) is 13.2 Å². The van der Waals surface area contributed by atoms with Gasteiger partial charge in [-0.15, -0.1) is 0 Å². The van der Waals surface area contributed by atoms with Crippen molar-refractivity contribution >= 4 is 16.1 Å². The van der Waals surface area contributed by atoms with Crippen molar-refractivity contribution in [3.05, 3.63) is 23.4 Å². The minimum absolute atomic E-state index is 0.192. The summed E-state index contributed by atoms with van der Waals surface area (Å²) >= 11 is 0. The predicted octanol–water partition coefficient (Wildman–Crippen LogP) is 0.335. The Morgan fingerprint density at radius 1 is 1.43 bits per heavy atom. The highest BCUT2D eigenvalue weighted by molar-refractivity contribution is 7.85. The van der Waals surface area contributed by atoms with Gasteiger partial charge in [0.25, 0.3) is 0 Å². The van der Waals surface area contributed by atoms with E-state index in [4.69, 9.17) is 9.66 Å². The Bertz CT molecular complexity index is 479. The number of aromatic nitrogens is 1. The van der Waals surface area contributed by atoms with Crippen LogP contribution in [0.5, 0.6) is 0 Å². The number of carboxylic acids is 1. The van der Waals surface area contributed by atoms with E-state index in [0.29, 0.717) is 0 Å². The zero-order valence-corrected chi connectivity index (χ0v) is 7.95. The number of aryl methyl sites for hydroxylation is 1. The van der Waals surface area contributed by atoms with Crippen LogP contribution in [0.4, 0.5) is 0 Å². The molecular weight excluding hydrogens is 210 g/mol. The Morgan fingerprint density at radius 3 is 2.43 bits per heavy atom. The SMILES string of the molecule is Cc1ccc(C(=O)O)nc1S(=O)(=O)O. The van der Waals surface area contributed by atoms with Crippen LogP contribution in [0.15, 0.2) is 17.2 Å². The fourth-order valence-electron chi connectivity index (χ4n) is 0.890. The summed E-state index contributed by atoms with van der Waals surface area (Å²) in [5.41, 5.74) is -0.235. The predicted molar refractivity (Wildman–Crippen MR) is 45.7 cm³/mol. The number of hydrogen-bond donors (Lipinski definition) is 2. The van der Waals surface area contributed by atoms with Crippen molar-refractivity contribution in [2.24, 2.45) is 0 Å². The average Bonchev–Trinajstić information content (AvgIpc) is 2.02. The Kier molecular flexibility index (Phi) is 2.54. The maximum absolute atomic E-state index is 10.7. The van der Waals surface area contributed by atoms with Crippen molar-refractivity contribution < 1.29 is 22.9 Å². The lowest BCUT2D eigenvalue weighted by molar-refractivity contribution is 0.0689. The highest BCUT2D eigenvalue weighted by Crippen LogP contribution is 2.12. The summed E-state index contributed by atoms with van der Waals surface area (Å²) in [6.07, 6.45) is 0. The summed E-state index contributed by atoms with van der Waals surface area (Å²) in [6.45, 7) is 1.40. The van der Waals surface area contributed by atoms with E-state index in [1.54, 1.807) is 0 Å². The van der Waals surface area contributed by atoms with Crippen LogP contribution in [-0.2, 0) is 10.1 Å². The minimum atomic E-state index is -4.46. The van der Waals surface area contributed by atoms with Crippen LogP contribution in [0.3, 0.4) is 0 Å². The van der Waals surface area contributed by atoms with Crippen LogP contribution in [-0.4, -0.2) is 29.0 Å². The van der Waals surface area contributed by atoms with E-state index >= 15 is 0 Å². The second-order valence-corrected chi connectivity index (χ2v) is 3.94. The van der Waals surface area contributed by atoms with Gasteiger partial charge in [0.15, 0.2) is 5.03 Å². The highest BCUT2D eigenvalue weighted by Gasteiger charge is 2.17. The number of carbonyl (C=O) groups is 1. The van der Waals surface area contributed by atoms with Crippen LogP contribution in [0.1, 0.15) is 16.1 Å². The number of rotatable bonds is 2. The molecule has 0 amide bonds. The lowest BCUT2D eigenvalue weighted by Gasteiger charge is -2.01. The minimum Gasteiger partial charge on any atom is -0.477 e. The van der Waals surface area contributed by atoms with E-state index in [1.807, 2.05) is 0 Å². The molecule has 1 heterocycles.